The van der Waals surface area contributed by atoms with E-state index < -0.39 is 0 Å². The first-order valence-electron chi connectivity index (χ1n) is 11.5. The third-order valence-electron chi connectivity index (χ3n) is 6.18. The molecule has 3 aromatic carbocycles. The van der Waals surface area contributed by atoms with Crippen molar-refractivity contribution < 1.29 is 14.6 Å². The molecule has 1 fully saturated rings. The molecule has 168 valence electrons. The molecule has 0 aliphatic carbocycles. The highest BCUT2D eigenvalue weighted by Gasteiger charge is 2.21. The number of carbonyl (C=O) groups excluding carboxylic acids is 1. The first kappa shape index (κ1) is 21.7. The molecule has 4 nitrogen and oxygen atoms in total. The lowest BCUT2D eigenvalue weighted by atomic mass is 9.98. The van der Waals surface area contributed by atoms with Gasteiger partial charge in [0.15, 0.2) is 0 Å². The van der Waals surface area contributed by atoms with E-state index in [9.17, 15) is 9.90 Å². The number of likely N-dealkylation sites (tertiary alicyclic amines) is 1. The lowest BCUT2D eigenvalue weighted by molar-refractivity contribution is 0.104. The molecule has 33 heavy (non-hydrogen) atoms. The second kappa shape index (κ2) is 9.77. The minimum atomic E-state index is -0.00634. The smallest absolute Gasteiger partial charge is 0.203 e. The highest BCUT2D eigenvalue weighted by Crippen LogP contribution is 2.41. The second-order valence-corrected chi connectivity index (χ2v) is 9.51. The van der Waals surface area contributed by atoms with Gasteiger partial charge in [0.2, 0.25) is 5.78 Å². The topological polar surface area (TPSA) is 49.8 Å². The molecular formula is C28H27NO3S. The molecule has 1 aliphatic heterocycles. The number of phenols is 1. The van der Waals surface area contributed by atoms with E-state index in [2.05, 4.69) is 4.90 Å². The number of nitrogens with zero attached hydrogens (tertiary/aromatic N) is 1. The molecule has 1 saturated heterocycles. The molecule has 5 heteroatoms. The van der Waals surface area contributed by atoms with Crippen molar-refractivity contribution in [3.05, 3.63) is 83.2 Å². The fraction of sp³-hybridized carbons (Fsp3) is 0.250. The van der Waals surface area contributed by atoms with Crippen LogP contribution in [0.1, 0.15) is 34.5 Å². The van der Waals surface area contributed by atoms with Crippen molar-refractivity contribution in [3.63, 3.8) is 0 Å². The fourth-order valence-corrected chi connectivity index (χ4v) is 5.67. The summed E-state index contributed by atoms with van der Waals surface area (Å²) in [5.41, 5.74) is 2.53. The zero-order valence-corrected chi connectivity index (χ0v) is 19.3. The molecule has 0 unspecified atom stereocenters. The quantitative estimate of drug-likeness (QED) is 0.328. The van der Waals surface area contributed by atoms with Crippen LogP contribution in [-0.4, -0.2) is 42.0 Å². The highest BCUT2D eigenvalue weighted by atomic mass is 32.1. The first-order chi connectivity index (χ1) is 16.2. The number of hydrogen-bond donors (Lipinski definition) is 1. The number of phenolic OH excluding ortho intramolecular Hbond substituents is 1. The van der Waals surface area contributed by atoms with Crippen molar-refractivity contribution in [2.45, 2.75) is 19.3 Å². The van der Waals surface area contributed by atoms with E-state index in [1.165, 1.54) is 43.7 Å². The number of aromatic hydroxyl groups is 1. The Bertz CT molecular complexity index is 1240. The van der Waals surface area contributed by atoms with Crippen molar-refractivity contribution in [2.75, 3.05) is 26.2 Å². The van der Waals surface area contributed by atoms with Crippen molar-refractivity contribution >= 4 is 27.2 Å². The summed E-state index contributed by atoms with van der Waals surface area (Å²) in [6.45, 7) is 3.97. The number of piperidine rings is 1. The third-order valence-corrected chi connectivity index (χ3v) is 7.34. The van der Waals surface area contributed by atoms with E-state index in [0.717, 1.165) is 33.5 Å². The van der Waals surface area contributed by atoms with Gasteiger partial charge in [0, 0.05) is 27.8 Å². The van der Waals surface area contributed by atoms with Gasteiger partial charge in [0.05, 0.1) is 4.88 Å². The Morgan fingerprint density at radius 1 is 0.939 bits per heavy atom. The van der Waals surface area contributed by atoms with Crippen LogP contribution >= 0.6 is 11.3 Å². The molecule has 1 aromatic heterocycles. The van der Waals surface area contributed by atoms with Gasteiger partial charge in [-0.2, -0.15) is 0 Å². The molecule has 4 aromatic rings. The molecule has 5 rings (SSSR count). The third kappa shape index (κ3) is 4.80. The van der Waals surface area contributed by atoms with Gasteiger partial charge in [-0.05, 0) is 61.8 Å². The van der Waals surface area contributed by atoms with Gasteiger partial charge in [-0.3, -0.25) is 9.69 Å². The zero-order valence-electron chi connectivity index (χ0n) is 18.5. The summed E-state index contributed by atoms with van der Waals surface area (Å²) in [5, 5.41) is 10.9. The molecule has 0 radical (unpaired) electrons. The van der Waals surface area contributed by atoms with Crippen LogP contribution in [0.15, 0.2) is 72.8 Å². The monoisotopic (exact) mass is 457 g/mol. The summed E-state index contributed by atoms with van der Waals surface area (Å²) in [4.78, 5) is 16.5. The molecule has 1 aliphatic rings. The summed E-state index contributed by atoms with van der Waals surface area (Å²) in [6, 6.07) is 22.6. The zero-order chi connectivity index (χ0) is 22.6. The van der Waals surface area contributed by atoms with Crippen molar-refractivity contribution in [3.8, 4) is 22.6 Å². The second-order valence-electron chi connectivity index (χ2n) is 8.46. The number of hydrogen-bond acceptors (Lipinski definition) is 5. The maximum Gasteiger partial charge on any atom is 0.203 e. The lowest BCUT2D eigenvalue weighted by Crippen LogP contribution is -2.33. The molecule has 0 bridgehead atoms. The Balaban J connectivity index is 1.41. The van der Waals surface area contributed by atoms with Crippen LogP contribution in [0, 0.1) is 0 Å². The largest absolute Gasteiger partial charge is 0.508 e. The number of fused-ring (bicyclic) bond motifs is 1. The summed E-state index contributed by atoms with van der Waals surface area (Å²) in [7, 11) is 0. The molecular weight excluding hydrogens is 430 g/mol. The standard InChI is InChI=1S/C28H27NO3S/c30-22-11-14-24-25(19-22)33-28(27(31)21-7-3-1-4-8-21)26(24)20-9-12-23(13-10-20)32-18-17-29-15-5-2-6-16-29/h1,3-4,7-14,19,30H,2,5-6,15-18H2. The Kier molecular flexibility index (Phi) is 6.42. The molecule has 2 heterocycles. The summed E-state index contributed by atoms with van der Waals surface area (Å²) < 4.78 is 6.89. The summed E-state index contributed by atoms with van der Waals surface area (Å²) >= 11 is 1.42. The predicted molar refractivity (Wildman–Crippen MR) is 135 cm³/mol. The van der Waals surface area contributed by atoms with Gasteiger partial charge in [-0.15, -0.1) is 11.3 Å². The van der Waals surface area contributed by atoms with Gasteiger partial charge >= 0.3 is 0 Å². The van der Waals surface area contributed by atoms with Gasteiger partial charge in [-0.1, -0.05) is 48.9 Å². The SMILES string of the molecule is O=C(c1ccccc1)c1sc2cc(O)ccc2c1-c1ccc(OCCN2CCCCC2)cc1. The van der Waals surface area contributed by atoms with Gasteiger partial charge < -0.3 is 9.84 Å². The summed E-state index contributed by atoms with van der Waals surface area (Å²) in [6.07, 6.45) is 3.90. The maximum absolute atomic E-state index is 13.4. The van der Waals surface area contributed by atoms with E-state index >= 15 is 0 Å². The van der Waals surface area contributed by atoms with Crippen molar-refractivity contribution in [2.24, 2.45) is 0 Å². The van der Waals surface area contributed by atoms with Crippen molar-refractivity contribution in [1.82, 2.24) is 4.90 Å². The van der Waals surface area contributed by atoms with E-state index in [-0.39, 0.29) is 11.5 Å². The summed E-state index contributed by atoms with van der Waals surface area (Å²) in [5.74, 6) is 1.03. The number of thiophene rings is 1. The van der Waals surface area contributed by atoms with E-state index in [1.807, 2.05) is 60.7 Å². The lowest BCUT2D eigenvalue weighted by Gasteiger charge is -2.26. The molecule has 0 atom stereocenters. The fourth-order valence-electron chi connectivity index (χ4n) is 4.45. The van der Waals surface area contributed by atoms with Crippen LogP contribution in [0.4, 0.5) is 0 Å². The Hall–Kier alpha value is -3.15. The van der Waals surface area contributed by atoms with Gasteiger partial charge in [0.1, 0.15) is 18.1 Å². The Labute approximate surface area is 198 Å². The first-order valence-corrected chi connectivity index (χ1v) is 12.3. The molecule has 1 N–H and O–H groups in total. The Morgan fingerprint density at radius 3 is 2.45 bits per heavy atom. The average Bonchev–Trinajstić information content (AvgIpc) is 3.23. The van der Waals surface area contributed by atoms with Crippen LogP contribution in [0.2, 0.25) is 0 Å². The number of rotatable bonds is 7. The van der Waals surface area contributed by atoms with Crippen LogP contribution in [-0.2, 0) is 0 Å². The Morgan fingerprint density at radius 2 is 1.70 bits per heavy atom. The molecule has 0 amide bonds. The van der Waals surface area contributed by atoms with Crippen LogP contribution in [0.3, 0.4) is 0 Å². The number of ether oxygens (including phenoxy) is 1. The molecule has 0 spiro atoms. The average molecular weight is 458 g/mol. The van der Waals surface area contributed by atoms with Gasteiger partial charge in [0.25, 0.3) is 0 Å². The van der Waals surface area contributed by atoms with E-state index in [4.69, 9.17) is 4.74 Å². The van der Waals surface area contributed by atoms with E-state index in [1.54, 1.807) is 12.1 Å². The number of ketones is 1. The van der Waals surface area contributed by atoms with Crippen LogP contribution in [0.5, 0.6) is 11.5 Å². The maximum atomic E-state index is 13.4. The minimum absolute atomic E-state index is 0.00634. The number of benzene rings is 3. The highest BCUT2D eigenvalue weighted by molar-refractivity contribution is 7.21. The van der Waals surface area contributed by atoms with Crippen LogP contribution < -0.4 is 4.74 Å². The minimum Gasteiger partial charge on any atom is -0.508 e. The molecule has 0 saturated carbocycles. The normalized spacial score (nSPS) is 14.4. The van der Waals surface area contributed by atoms with Crippen molar-refractivity contribution in [1.29, 1.82) is 0 Å². The predicted octanol–water partition coefficient (Wildman–Crippen LogP) is 6.37. The number of carbonyl (C=O) groups is 1. The van der Waals surface area contributed by atoms with E-state index in [0.29, 0.717) is 17.0 Å². The van der Waals surface area contributed by atoms with Crippen LogP contribution in [0.25, 0.3) is 21.2 Å². The van der Waals surface area contributed by atoms with Gasteiger partial charge in [-0.25, -0.2) is 0 Å².